The van der Waals surface area contributed by atoms with E-state index >= 15 is 0 Å². The highest BCUT2D eigenvalue weighted by atomic mass is 16.6. The molecule has 2 heterocycles. The molecule has 3 rings (SSSR count). The maximum absolute atomic E-state index is 12.1. The van der Waals surface area contributed by atoms with Gasteiger partial charge in [0.25, 0.3) is 0 Å². The molecule has 2 aliphatic heterocycles. The first kappa shape index (κ1) is 22.3. The number of anilines is 1. The first-order valence-corrected chi connectivity index (χ1v) is 10.7. The lowest BCUT2D eigenvalue weighted by Crippen LogP contribution is -2.51. The van der Waals surface area contributed by atoms with Crippen molar-refractivity contribution in [2.45, 2.75) is 64.0 Å². The second-order valence-electron chi connectivity index (χ2n) is 9.31. The second-order valence-corrected chi connectivity index (χ2v) is 9.31. The average Bonchev–Trinajstić information content (AvgIpc) is 2.67. The van der Waals surface area contributed by atoms with Crippen molar-refractivity contribution in [3.8, 4) is 0 Å². The van der Waals surface area contributed by atoms with Crippen LogP contribution in [0, 0.1) is 0 Å². The topological polar surface area (TPSA) is 79.0 Å². The van der Waals surface area contributed by atoms with E-state index in [-0.39, 0.29) is 23.8 Å². The highest BCUT2D eigenvalue weighted by molar-refractivity contribution is 6.01. The molecule has 0 aromatic heterocycles. The third-order valence-corrected chi connectivity index (χ3v) is 5.81. The van der Waals surface area contributed by atoms with Crippen molar-refractivity contribution >= 4 is 23.5 Å². The van der Waals surface area contributed by atoms with Crippen LogP contribution in [0.1, 0.15) is 57.9 Å². The standard InChI is InChI=1S/C23H33N3O4/c1-23(2,3)30-21(28)15-26-13-11-17(12-14-26)16-5-7-18(8-6-16)25(4)19-9-10-20(27)24-22(19)29/h5-8,17,19H,9-15H2,1-4H3,(H,24,27,29). The Labute approximate surface area is 178 Å². The van der Waals surface area contributed by atoms with Crippen molar-refractivity contribution < 1.29 is 19.1 Å². The third kappa shape index (κ3) is 5.81. The number of likely N-dealkylation sites (tertiary alicyclic amines) is 1. The zero-order valence-electron chi connectivity index (χ0n) is 18.4. The van der Waals surface area contributed by atoms with E-state index in [1.54, 1.807) is 0 Å². The van der Waals surface area contributed by atoms with Gasteiger partial charge in [0, 0.05) is 19.2 Å². The van der Waals surface area contributed by atoms with Gasteiger partial charge in [-0.25, -0.2) is 0 Å². The number of likely N-dealkylation sites (N-methyl/N-ethyl adjacent to an activating group) is 1. The summed E-state index contributed by atoms with van der Waals surface area (Å²) in [5, 5.41) is 2.42. The summed E-state index contributed by atoms with van der Waals surface area (Å²) in [6.45, 7) is 7.76. The highest BCUT2D eigenvalue weighted by Crippen LogP contribution is 2.30. The molecule has 0 aliphatic carbocycles. The van der Waals surface area contributed by atoms with Crippen LogP contribution in [0.2, 0.25) is 0 Å². The van der Waals surface area contributed by atoms with Gasteiger partial charge < -0.3 is 9.64 Å². The van der Waals surface area contributed by atoms with E-state index in [9.17, 15) is 14.4 Å². The molecule has 7 heteroatoms. The molecule has 1 atom stereocenters. The molecule has 30 heavy (non-hydrogen) atoms. The number of esters is 1. The minimum Gasteiger partial charge on any atom is -0.459 e. The Morgan fingerprint density at radius 2 is 1.77 bits per heavy atom. The molecule has 1 aromatic rings. The summed E-state index contributed by atoms with van der Waals surface area (Å²) in [6, 6.07) is 8.04. The maximum atomic E-state index is 12.1. The molecule has 7 nitrogen and oxygen atoms in total. The van der Waals surface area contributed by atoms with Gasteiger partial charge in [-0.15, -0.1) is 0 Å². The zero-order chi connectivity index (χ0) is 21.9. The SMILES string of the molecule is CN(c1ccc(C2CCN(CC(=O)OC(C)(C)C)CC2)cc1)C1CCC(=O)NC1=O. The fourth-order valence-corrected chi connectivity index (χ4v) is 4.19. The van der Waals surface area contributed by atoms with Crippen LogP contribution in [-0.2, 0) is 19.1 Å². The smallest absolute Gasteiger partial charge is 0.320 e. The fraction of sp³-hybridized carbons (Fsp3) is 0.609. The Morgan fingerprint density at radius 3 is 2.33 bits per heavy atom. The lowest BCUT2D eigenvalue weighted by molar-refractivity contribution is -0.156. The fourth-order valence-electron chi connectivity index (χ4n) is 4.19. The van der Waals surface area contributed by atoms with Crippen molar-refractivity contribution in [2.75, 3.05) is 31.6 Å². The molecule has 2 aliphatic rings. The van der Waals surface area contributed by atoms with E-state index in [1.807, 2.05) is 44.9 Å². The Hall–Kier alpha value is -2.41. The third-order valence-electron chi connectivity index (χ3n) is 5.81. The molecule has 0 spiro atoms. The van der Waals surface area contributed by atoms with Gasteiger partial charge in [0.15, 0.2) is 0 Å². The minimum atomic E-state index is -0.446. The number of hydrogen-bond acceptors (Lipinski definition) is 6. The molecule has 164 valence electrons. The van der Waals surface area contributed by atoms with Crippen LogP contribution in [0.15, 0.2) is 24.3 Å². The molecule has 2 amide bonds. The van der Waals surface area contributed by atoms with Gasteiger partial charge in [0.2, 0.25) is 11.8 Å². The summed E-state index contributed by atoms with van der Waals surface area (Å²) in [4.78, 5) is 39.6. The van der Waals surface area contributed by atoms with Crippen LogP contribution in [0.25, 0.3) is 0 Å². The zero-order valence-corrected chi connectivity index (χ0v) is 18.4. The van der Waals surface area contributed by atoms with Crippen molar-refractivity contribution in [1.82, 2.24) is 10.2 Å². The second kappa shape index (κ2) is 9.16. The van der Waals surface area contributed by atoms with E-state index in [2.05, 4.69) is 22.3 Å². The lowest BCUT2D eigenvalue weighted by Gasteiger charge is -2.33. The van der Waals surface area contributed by atoms with E-state index in [1.165, 1.54) is 5.56 Å². The Morgan fingerprint density at radius 1 is 1.13 bits per heavy atom. The molecule has 2 fully saturated rings. The van der Waals surface area contributed by atoms with Crippen LogP contribution in [0.5, 0.6) is 0 Å². The van der Waals surface area contributed by atoms with Crippen molar-refractivity contribution in [2.24, 2.45) is 0 Å². The van der Waals surface area contributed by atoms with Gasteiger partial charge >= 0.3 is 5.97 Å². The number of ether oxygens (including phenoxy) is 1. The van der Waals surface area contributed by atoms with Crippen LogP contribution >= 0.6 is 0 Å². The predicted octanol–water partition coefficient (Wildman–Crippen LogP) is 2.45. The van der Waals surface area contributed by atoms with E-state index in [4.69, 9.17) is 4.74 Å². The summed E-state index contributed by atoms with van der Waals surface area (Å²) >= 11 is 0. The van der Waals surface area contributed by atoms with E-state index < -0.39 is 5.60 Å². The highest BCUT2D eigenvalue weighted by Gasteiger charge is 2.30. The summed E-state index contributed by atoms with van der Waals surface area (Å²) in [5.74, 6) is -0.121. The summed E-state index contributed by atoms with van der Waals surface area (Å²) in [5.41, 5.74) is 1.81. The Bertz CT molecular complexity index is 777. The van der Waals surface area contributed by atoms with Gasteiger partial charge in [0.1, 0.15) is 11.6 Å². The van der Waals surface area contributed by atoms with Crippen LogP contribution in [-0.4, -0.2) is 61.0 Å². The summed E-state index contributed by atoms with van der Waals surface area (Å²) in [6.07, 6.45) is 2.93. The number of hydrogen-bond donors (Lipinski definition) is 1. The van der Waals surface area contributed by atoms with E-state index in [0.717, 1.165) is 31.6 Å². The van der Waals surface area contributed by atoms with Gasteiger partial charge in [0.05, 0.1) is 6.54 Å². The number of imide groups is 1. The van der Waals surface area contributed by atoms with Gasteiger partial charge in [-0.05, 0) is 76.7 Å². The number of piperidine rings is 2. The predicted molar refractivity (Wildman–Crippen MR) is 115 cm³/mol. The maximum Gasteiger partial charge on any atom is 0.320 e. The molecule has 0 saturated carbocycles. The quantitative estimate of drug-likeness (QED) is 0.588. The van der Waals surface area contributed by atoms with Crippen molar-refractivity contribution in [3.05, 3.63) is 29.8 Å². The van der Waals surface area contributed by atoms with Crippen molar-refractivity contribution in [3.63, 3.8) is 0 Å². The van der Waals surface area contributed by atoms with E-state index in [0.29, 0.717) is 25.3 Å². The number of carbonyl (C=O) groups is 3. The molecule has 0 bridgehead atoms. The monoisotopic (exact) mass is 415 g/mol. The first-order valence-electron chi connectivity index (χ1n) is 10.7. The van der Waals surface area contributed by atoms with Gasteiger partial charge in [-0.2, -0.15) is 0 Å². The summed E-state index contributed by atoms with van der Waals surface area (Å²) < 4.78 is 5.42. The molecule has 1 aromatic carbocycles. The number of amides is 2. The van der Waals surface area contributed by atoms with Crippen LogP contribution in [0.3, 0.4) is 0 Å². The number of nitrogens with one attached hydrogen (secondary N) is 1. The van der Waals surface area contributed by atoms with Crippen LogP contribution < -0.4 is 10.2 Å². The van der Waals surface area contributed by atoms with Gasteiger partial charge in [-0.1, -0.05) is 12.1 Å². The average molecular weight is 416 g/mol. The number of carbonyl (C=O) groups excluding carboxylic acids is 3. The van der Waals surface area contributed by atoms with Crippen molar-refractivity contribution in [1.29, 1.82) is 0 Å². The van der Waals surface area contributed by atoms with Crippen LogP contribution in [0.4, 0.5) is 5.69 Å². The Kier molecular flexibility index (Phi) is 6.81. The molecule has 1 N–H and O–H groups in total. The lowest BCUT2D eigenvalue weighted by atomic mass is 9.89. The van der Waals surface area contributed by atoms with Gasteiger partial charge in [-0.3, -0.25) is 24.6 Å². The molecule has 0 radical (unpaired) electrons. The minimum absolute atomic E-state index is 0.165. The normalized spacial score (nSPS) is 21.3. The Balaban J connectivity index is 1.52. The largest absolute Gasteiger partial charge is 0.459 e. The molecular formula is C23H33N3O4. The molecule has 2 saturated heterocycles. The number of nitrogens with zero attached hydrogens (tertiary/aromatic N) is 2. The number of benzene rings is 1. The summed E-state index contributed by atoms with van der Waals surface area (Å²) in [7, 11) is 1.89. The molecular weight excluding hydrogens is 382 g/mol. The molecule has 1 unspecified atom stereocenters. The number of rotatable bonds is 5. The first-order chi connectivity index (χ1) is 14.1.